The zero-order valence-electron chi connectivity index (χ0n) is 13.3. The van der Waals surface area contributed by atoms with Crippen molar-refractivity contribution in [3.05, 3.63) is 30.1 Å². The minimum absolute atomic E-state index is 0.0441. The summed E-state index contributed by atoms with van der Waals surface area (Å²) in [5, 5.41) is 41.1. The maximum Gasteiger partial charge on any atom is 0.323 e. The van der Waals surface area contributed by atoms with Crippen LogP contribution < -0.4 is 0 Å². The number of aromatic nitrogens is 1. The van der Waals surface area contributed by atoms with Crippen molar-refractivity contribution in [2.75, 3.05) is 7.11 Å². The third-order valence-corrected chi connectivity index (χ3v) is 5.15. The van der Waals surface area contributed by atoms with E-state index in [2.05, 4.69) is 4.98 Å². The van der Waals surface area contributed by atoms with E-state index >= 15 is 0 Å². The van der Waals surface area contributed by atoms with Crippen LogP contribution in [0.1, 0.15) is 18.4 Å². The molecule has 24 heavy (non-hydrogen) atoms. The quantitative estimate of drug-likeness (QED) is 0.487. The first-order valence-corrected chi connectivity index (χ1v) is 7.87. The molecule has 3 rings (SSSR count). The van der Waals surface area contributed by atoms with Gasteiger partial charge in [-0.25, -0.2) is 0 Å². The van der Waals surface area contributed by atoms with E-state index in [1.165, 1.54) is 7.11 Å². The van der Waals surface area contributed by atoms with Crippen LogP contribution in [-0.2, 0) is 16.1 Å². The lowest BCUT2D eigenvalue weighted by atomic mass is 9.75. The average Bonchev–Trinajstić information content (AvgIpc) is 2.87. The number of aliphatic hydroxyl groups excluding tert-OH is 3. The van der Waals surface area contributed by atoms with Gasteiger partial charge in [-0.1, -0.05) is 6.07 Å². The summed E-state index contributed by atoms with van der Waals surface area (Å²) in [6.45, 7) is 0.302. The van der Waals surface area contributed by atoms with Gasteiger partial charge in [-0.05, 0) is 18.1 Å². The number of hydrogen-bond donors (Lipinski definition) is 4. The van der Waals surface area contributed by atoms with Crippen LogP contribution in [0.3, 0.4) is 0 Å². The van der Waals surface area contributed by atoms with E-state index in [0.29, 0.717) is 6.54 Å². The van der Waals surface area contributed by atoms with E-state index < -0.39 is 42.0 Å². The Bertz CT molecular complexity index is 599. The van der Waals surface area contributed by atoms with E-state index in [1.807, 2.05) is 6.07 Å². The van der Waals surface area contributed by atoms with Gasteiger partial charge in [0.25, 0.3) is 0 Å². The number of carbonyl (C=O) groups excluding carboxylic acids is 1. The molecule has 0 aromatic carbocycles. The number of rotatable bonds is 3. The molecule has 1 aromatic heterocycles. The number of carbonyl (C=O) groups is 1. The number of pyridine rings is 1. The van der Waals surface area contributed by atoms with Gasteiger partial charge in [-0.3, -0.25) is 14.7 Å². The van der Waals surface area contributed by atoms with Gasteiger partial charge in [0.05, 0.1) is 13.2 Å². The van der Waals surface area contributed by atoms with Crippen molar-refractivity contribution >= 4 is 5.97 Å². The van der Waals surface area contributed by atoms with Crippen LogP contribution >= 0.6 is 0 Å². The number of likely N-dealkylation sites (tertiary alicyclic amines) is 1. The maximum atomic E-state index is 12.2. The molecule has 6 atom stereocenters. The molecule has 1 aliphatic heterocycles. The summed E-state index contributed by atoms with van der Waals surface area (Å²) >= 11 is 0. The predicted molar refractivity (Wildman–Crippen MR) is 81.6 cm³/mol. The minimum atomic E-state index is -1.69. The zero-order chi connectivity index (χ0) is 17.5. The molecule has 1 aliphatic carbocycles. The first-order chi connectivity index (χ1) is 11.4. The molecule has 8 heteroatoms. The molecule has 2 heterocycles. The molecule has 1 aromatic rings. The molecular weight excluding hydrogens is 316 g/mol. The number of ether oxygens (including phenoxy) is 1. The Balaban J connectivity index is 1.95. The van der Waals surface area contributed by atoms with E-state index in [9.17, 15) is 25.2 Å². The standard InChI is InChI=1S/C16H22N2O6/c1-24-15(22)10-6-16(23)12(5-11(19)13(20)14(16)21)18(10)8-9-3-2-4-17-7-9/h2-4,7,10-14,19-21,23H,5-6,8H2,1H3/t10-,11+,12+,13+,14+,16-/m0/s1. The first-order valence-electron chi connectivity index (χ1n) is 7.87. The molecule has 1 saturated carbocycles. The van der Waals surface area contributed by atoms with Crippen molar-refractivity contribution in [1.29, 1.82) is 0 Å². The Morgan fingerprint density at radius 3 is 2.83 bits per heavy atom. The molecule has 8 nitrogen and oxygen atoms in total. The molecule has 4 N–H and O–H groups in total. The van der Waals surface area contributed by atoms with Gasteiger partial charge in [0.15, 0.2) is 0 Å². The third kappa shape index (κ3) is 2.70. The van der Waals surface area contributed by atoms with Gasteiger partial charge in [0.1, 0.15) is 23.9 Å². The van der Waals surface area contributed by atoms with Crippen LogP contribution in [0, 0.1) is 0 Å². The van der Waals surface area contributed by atoms with Gasteiger partial charge < -0.3 is 25.2 Å². The van der Waals surface area contributed by atoms with Crippen molar-refractivity contribution in [3.8, 4) is 0 Å². The second-order valence-corrected chi connectivity index (χ2v) is 6.52. The fraction of sp³-hybridized carbons (Fsp3) is 0.625. The Morgan fingerprint density at radius 1 is 1.46 bits per heavy atom. The van der Waals surface area contributed by atoms with E-state index in [1.54, 1.807) is 23.4 Å². The van der Waals surface area contributed by atoms with Crippen molar-refractivity contribution in [2.24, 2.45) is 0 Å². The molecule has 0 radical (unpaired) electrons. The topological polar surface area (TPSA) is 123 Å². The number of nitrogens with zero attached hydrogens (tertiary/aromatic N) is 2. The molecule has 1 saturated heterocycles. The van der Waals surface area contributed by atoms with Crippen LogP contribution in [0.2, 0.25) is 0 Å². The molecule has 0 amide bonds. The van der Waals surface area contributed by atoms with Gasteiger partial charge >= 0.3 is 5.97 Å². The van der Waals surface area contributed by atoms with Gasteiger partial charge in [0, 0.05) is 31.4 Å². The highest BCUT2D eigenvalue weighted by molar-refractivity contribution is 5.76. The molecule has 0 unspecified atom stereocenters. The second-order valence-electron chi connectivity index (χ2n) is 6.52. The number of fused-ring (bicyclic) bond motifs is 1. The van der Waals surface area contributed by atoms with Crippen LogP contribution in [0.5, 0.6) is 0 Å². The average molecular weight is 338 g/mol. The van der Waals surface area contributed by atoms with Gasteiger partial charge in [0.2, 0.25) is 0 Å². The summed E-state index contributed by atoms with van der Waals surface area (Å²) in [4.78, 5) is 17.9. The molecule has 0 bridgehead atoms. The van der Waals surface area contributed by atoms with Crippen LogP contribution in [0.4, 0.5) is 0 Å². The Labute approximate surface area is 139 Å². The highest BCUT2D eigenvalue weighted by Gasteiger charge is 2.62. The monoisotopic (exact) mass is 338 g/mol. The molecule has 2 aliphatic rings. The lowest BCUT2D eigenvalue weighted by Gasteiger charge is -2.45. The highest BCUT2D eigenvalue weighted by atomic mass is 16.5. The summed E-state index contributed by atoms with van der Waals surface area (Å²) in [5.41, 5.74) is -0.870. The molecule has 2 fully saturated rings. The lowest BCUT2D eigenvalue weighted by Crippen LogP contribution is -2.64. The number of esters is 1. The largest absolute Gasteiger partial charge is 0.468 e. The predicted octanol–water partition coefficient (Wildman–Crippen LogP) is -1.58. The van der Waals surface area contributed by atoms with Crippen LogP contribution in [-0.4, -0.2) is 79.4 Å². The van der Waals surface area contributed by atoms with Gasteiger partial charge in [-0.2, -0.15) is 0 Å². The fourth-order valence-corrected chi connectivity index (χ4v) is 3.88. The van der Waals surface area contributed by atoms with Crippen molar-refractivity contribution in [2.45, 2.75) is 55.4 Å². The van der Waals surface area contributed by atoms with E-state index in [-0.39, 0.29) is 12.8 Å². The SMILES string of the molecule is COC(=O)[C@@H]1C[C@@]2(O)[C@H](O)[C@H](O)[C@H](O)C[C@H]2N1Cc1cccnc1. The number of aliphatic hydroxyl groups is 4. The van der Waals surface area contributed by atoms with Crippen molar-refractivity contribution < 1.29 is 30.0 Å². The minimum Gasteiger partial charge on any atom is -0.468 e. The Kier molecular flexibility index (Phi) is 4.58. The van der Waals surface area contributed by atoms with Crippen molar-refractivity contribution in [1.82, 2.24) is 9.88 Å². The second kappa shape index (κ2) is 6.38. The maximum absolute atomic E-state index is 12.2. The van der Waals surface area contributed by atoms with E-state index in [4.69, 9.17) is 4.74 Å². The van der Waals surface area contributed by atoms with Crippen LogP contribution in [0.25, 0.3) is 0 Å². The summed E-state index contributed by atoms with van der Waals surface area (Å²) in [6, 6.07) is 2.13. The normalized spacial score (nSPS) is 39.5. The molecular formula is C16H22N2O6. The lowest BCUT2D eigenvalue weighted by molar-refractivity contribution is -0.197. The van der Waals surface area contributed by atoms with Gasteiger partial charge in [-0.15, -0.1) is 0 Å². The zero-order valence-corrected chi connectivity index (χ0v) is 13.3. The summed E-state index contributed by atoms with van der Waals surface area (Å²) in [5.74, 6) is -0.530. The summed E-state index contributed by atoms with van der Waals surface area (Å²) in [6.07, 6.45) is -0.932. The Hall–Kier alpha value is -1.58. The smallest absolute Gasteiger partial charge is 0.323 e. The number of hydrogen-bond acceptors (Lipinski definition) is 8. The van der Waals surface area contributed by atoms with Crippen molar-refractivity contribution in [3.63, 3.8) is 0 Å². The Morgan fingerprint density at radius 2 is 2.21 bits per heavy atom. The third-order valence-electron chi connectivity index (χ3n) is 5.15. The first kappa shape index (κ1) is 17.2. The summed E-state index contributed by atoms with van der Waals surface area (Å²) in [7, 11) is 1.26. The summed E-state index contributed by atoms with van der Waals surface area (Å²) < 4.78 is 4.83. The highest BCUT2D eigenvalue weighted by Crippen LogP contribution is 2.44. The molecule has 132 valence electrons. The van der Waals surface area contributed by atoms with E-state index in [0.717, 1.165) is 5.56 Å². The van der Waals surface area contributed by atoms with Crippen LogP contribution in [0.15, 0.2) is 24.5 Å². The fourth-order valence-electron chi connectivity index (χ4n) is 3.88. The molecule has 0 spiro atoms. The number of methoxy groups -OCH3 is 1.